The van der Waals surface area contributed by atoms with Gasteiger partial charge in [-0.25, -0.2) is 0 Å². The normalized spacial score (nSPS) is 19.6. The molecule has 21 heavy (non-hydrogen) atoms. The maximum absolute atomic E-state index is 12.7. The quantitative estimate of drug-likeness (QED) is 0.824. The van der Waals surface area contributed by atoms with Crippen LogP contribution in [0.15, 0.2) is 18.2 Å². The Hall–Kier alpha value is -1.76. The number of carbonyl (C=O) groups is 1. The Morgan fingerprint density at radius 3 is 2.71 bits per heavy atom. The van der Waals surface area contributed by atoms with Gasteiger partial charge in [-0.2, -0.15) is 13.2 Å². The van der Waals surface area contributed by atoms with Crippen LogP contribution in [0.3, 0.4) is 0 Å². The van der Waals surface area contributed by atoms with Crippen LogP contribution in [0.4, 0.5) is 18.9 Å². The Bertz CT molecular complexity index is 531. The van der Waals surface area contributed by atoms with E-state index in [4.69, 9.17) is 5.73 Å². The van der Waals surface area contributed by atoms with Crippen molar-refractivity contribution in [2.45, 2.75) is 31.5 Å². The number of aliphatic hydroxyl groups is 1. The number of likely N-dealkylation sites (tertiary alicyclic amines) is 1. The molecule has 3 N–H and O–H groups in total. The molecule has 1 amide bonds. The lowest BCUT2D eigenvalue weighted by molar-refractivity contribution is -0.137. The van der Waals surface area contributed by atoms with Crippen molar-refractivity contribution < 1.29 is 23.1 Å². The molecular weight excluding hydrogens is 285 g/mol. The molecule has 116 valence electrons. The second-order valence-corrected chi connectivity index (χ2v) is 5.13. The first-order chi connectivity index (χ1) is 9.84. The molecule has 0 saturated carbocycles. The zero-order valence-electron chi connectivity index (χ0n) is 11.4. The lowest BCUT2D eigenvalue weighted by Gasteiger charge is -2.35. The Labute approximate surface area is 120 Å². The van der Waals surface area contributed by atoms with Crippen molar-refractivity contribution in [2.24, 2.45) is 0 Å². The van der Waals surface area contributed by atoms with E-state index < -0.39 is 17.6 Å². The Kier molecular flexibility index (Phi) is 4.41. The van der Waals surface area contributed by atoms with Gasteiger partial charge in [0.05, 0.1) is 23.8 Å². The van der Waals surface area contributed by atoms with Gasteiger partial charge < -0.3 is 15.7 Å². The second kappa shape index (κ2) is 5.93. The molecule has 0 radical (unpaired) electrons. The van der Waals surface area contributed by atoms with Crippen LogP contribution in [0.1, 0.15) is 35.2 Å². The first kappa shape index (κ1) is 15.6. The van der Waals surface area contributed by atoms with E-state index in [0.29, 0.717) is 13.0 Å². The minimum atomic E-state index is -4.53. The number of nitrogen functional groups attached to an aromatic ring is 1. The third kappa shape index (κ3) is 3.29. The van der Waals surface area contributed by atoms with E-state index in [0.717, 1.165) is 31.0 Å². The number of carbonyl (C=O) groups excluding carboxylic acids is 1. The van der Waals surface area contributed by atoms with Crippen LogP contribution < -0.4 is 5.73 Å². The number of nitrogens with two attached hydrogens (primary N) is 1. The standard InChI is InChI=1S/C14H17F3N2O2/c15-14(16,17)9-4-5-12(18)11(7-9)13(21)19-6-2-1-3-10(19)8-20/h4-5,7,10,20H,1-3,6,8,18H2. The molecule has 1 aliphatic rings. The smallest absolute Gasteiger partial charge is 0.398 e. The van der Waals surface area contributed by atoms with Crippen LogP contribution in [0, 0.1) is 0 Å². The van der Waals surface area contributed by atoms with Crippen molar-refractivity contribution in [3.8, 4) is 0 Å². The molecule has 0 aromatic heterocycles. The number of piperidine rings is 1. The van der Waals surface area contributed by atoms with Gasteiger partial charge in [-0.1, -0.05) is 0 Å². The summed E-state index contributed by atoms with van der Waals surface area (Å²) in [5, 5.41) is 9.31. The molecule has 1 aromatic rings. The van der Waals surface area contributed by atoms with Crippen LogP contribution in [0.25, 0.3) is 0 Å². The lowest BCUT2D eigenvalue weighted by Crippen LogP contribution is -2.45. The maximum Gasteiger partial charge on any atom is 0.416 e. The Balaban J connectivity index is 2.33. The third-order valence-corrected chi connectivity index (χ3v) is 3.71. The summed E-state index contributed by atoms with van der Waals surface area (Å²) >= 11 is 0. The summed E-state index contributed by atoms with van der Waals surface area (Å²) in [6, 6.07) is 2.36. The topological polar surface area (TPSA) is 66.6 Å². The molecule has 0 aliphatic carbocycles. The van der Waals surface area contributed by atoms with E-state index in [1.807, 2.05) is 0 Å². The molecule has 1 unspecified atom stereocenters. The van der Waals surface area contributed by atoms with Crippen molar-refractivity contribution in [1.29, 1.82) is 0 Å². The fourth-order valence-electron chi connectivity index (χ4n) is 2.53. The van der Waals surface area contributed by atoms with Crippen LogP contribution in [-0.2, 0) is 6.18 Å². The second-order valence-electron chi connectivity index (χ2n) is 5.13. The molecule has 1 atom stereocenters. The molecule has 1 fully saturated rings. The number of benzene rings is 1. The van der Waals surface area contributed by atoms with Crippen molar-refractivity contribution >= 4 is 11.6 Å². The van der Waals surface area contributed by atoms with Crippen LogP contribution in [-0.4, -0.2) is 35.1 Å². The van der Waals surface area contributed by atoms with Gasteiger partial charge in [0, 0.05) is 12.2 Å². The highest BCUT2D eigenvalue weighted by Crippen LogP contribution is 2.32. The summed E-state index contributed by atoms with van der Waals surface area (Å²) < 4.78 is 38.2. The van der Waals surface area contributed by atoms with E-state index in [-0.39, 0.29) is 23.9 Å². The summed E-state index contributed by atoms with van der Waals surface area (Å²) in [5.74, 6) is -0.558. The van der Waals surface area contributed by atoms with Crippen molar-refractivity contribution in [2.75, 3.05) is 18.9 Å². The SMILES string of the molecule is Nc1ccc(C(F)(F)F)cc1C(=O)N1CCCCC1CO. The minimum absolute atomic E-state index is 0.00950. The van der Waals surface area contributed by atoms with E-state index in [1.165, 1.54) is 4.90 Å². The van der Waals surface area contributed by atoms with Gasteiger partial charge in [-0.3, -0.25) is 4.79 Å². The average Bonchev–Trinajstić information content (AvgIpc) is 2.45. The largest absolute Gasteiger partial charge is 0.416 e. The highest BCUT2D eigenvalue weighted by atomic mass is 19.4. The highest BCUT2D eigenvalue weighted by Gasteiger charge is 2.33. The van der Waals surface area contributed by atoms with Crippen molar-refractivity contribution in [1.82, 2.24) is 4.90 Å². The number of anilines is 1. The lowest BCUT2D eigenvalue weighted by atomic mass is 10.00. The first-order valence-corrected chi connectivity index (χ1v) is 6.73. The summed E-state index contributed by atoms with van der Waals surface area (Å²) in [6.07, 6.45) is -2.24. The molecular formula is C14H17F3N2O2. The number of hydrogen-bond donors (Lipinski definition) is 2. The van der Waals surface area contributed by atoms with Crippen molar-refractivity contribution in [3.63, 3.8) is 0 Å². The summed E-state index contributed by atoms with van der Waals surface area (Å²) in [6.45, 7) is 0.213. The summed E-state index contributed by atoms with van der Waals surface area (Å²) in [4.78, 5) is 13.8. The number of halogens is 3. The van der Waals surface area contributed by atoms with Gasteiger partial charge in [0.25, 0.3) is 5.91 Å². The third-order valence-electron chi connectivity index (χ3n) is 3.71. The molecule has 0 spiro atoms. The number of aliphatic hydroxyl groups excluding tert-OH is 1. The molecule has 2 rings (SSSR count). The highest BCUT2D eigenvalue weighted by molar-refractivity contribution is 5.99. The van der Waals surface area contributed by atoms with Crippen molar-refractivity contribution in [3.05, 3.63) is 29.3 Å². The number of hydrogen-bond acceptors (Lipinski definition) is 3. The van der Waals surface area contributed by atoms with Gasteiger partial charge in [0.1, 0.15) is 0 Å². The fourth-order valence-corrected chi connectivity index (χ4v) is 2.53. The van der Waals surface area contributed by atoms with Gasteiger partial charge in [0.2, 0.25) is 0 Å². The van der Waals surface area contributed by atoms with E-state index in [2.05, 4.69) is 0 Å². The molecule has 1 saturated heterocycles. The zero-order chi connectivity index (χ0) is 15.6. The maximum atomic E-state index is 12.7. The minimum Gasteiger partial charge on any atom is -0.398 e. The predicted octanol–water partition coefficient (Wildman–Crippen LogP) is 2.27. The number of rotatable bonds is 2. The predicted molar refractivity (Wildman–Crippen MR) is 71.6 cm³/mol. The molecule has 7 heteroatoms. The fraction of sp³-hybridized carbons (Fsp3) is 0.500. The molecule has 0 bridgehead atoms. The van der Waals surface area contributed by atoms with Crippen LogP contribution >= 0.6 is 0 Å². The first-order valence-electron chi connectivity index (χ1n) is 6.73. The van der Waals surface area contributed by atoms with Gasteiger partial charge in [-0.05, 0) is 37.5 Å². The number of amides is 1. The number of alkyl halides is 3. The van der Waals surface area contributed by atoms with E-state index in [9.17, 15) is 23.1 Å². The van der Waals surface area contributed by atoms with Gasteiger partial charge >= 0.3 is 6.18 Å². The Morgan fingerprint density at radius 2 is 2.10 bits per heavy atom. The van der Waals surface area contributed by atoms with E-state index in [1.54, 1.807) is 0 Å². The molecule has 4 nitrogen and oxygen atoms in total. The van der Waals surface area contributed by atoms with Gasteiger partial charge in [-0.15, -0.1) is 0 Å². The number of nitrogens with zero attached hydrogens (tertiary/aromatic N) is 1. The summed E-state index contributed by atoms with van der Waals surface area (Å²) in [7, 11) is 0. The van der Waals surface area contributed by atoms with Crippen LogP contribution in [0.2, 0.25) is 0 Å². The average molecular weight is 302 g/mol. The monoisotopic (exact) mass is 302 g/mol. The zero-order valence-corrected chi connectivity index (χ0v) is 11.4. The van der Waals surface area contributed by atoms with Crippen LogP contribution in [0.5, 0.6) is 0 Å². The van der Waals surface area contributed by atoms with E-state index >= 15 is 0 Å². The Morgan fingerprint density at radius 1 is 1.38 bits per heavy atom. The molecule has 1 heterocycles. The molecule has 1 aliphatic heterocycles. The molecule has 1 aromatic carbocycles. The van der Waals surface area contributed by atoms with Gasteiger partial charge in [0.15, 0.2) is 0 Å². The summed E-state index contributed by atoms with van der Waals surface area (Å²) in [5.41, 5.74) is 4.59.